The number of Topliss-reactive ketones (excluding diaryl/α,β-unsaturated/α-hetero) is 1. The summed E-state index contributed by atoms with van der Waals surface area (Å²) < 4.78 is 5.18. The Morgan fingerprint density at radius 2 is 2.07 bits per heavy atom. The van der Waals surface area contributed by atoms with Crippen LogP contribution in [0.3, 0.4) is 0 Å². The van der Waals surface area contributed by atoms with E-state index in [0.29, 0.717) is 30.8 Å². The second-order valence-corrected chi connectivity index (χ2v) is 8.21. The topological polar surface area (TPSA) is 59.2 Å². The maximum absolute atomic E-state index is 12.0. The molecule has 4 heteroatoms. The van der Waals surface area contributed by atoms with Crippen molar-refractivity contribution in [1.82, 2.24) is 4.98 Å². The second kappa shape index (κ2) is 7.14. The van der Waals surface area contributed by atoms with Gasteiger partial charge in [-0.25, -0.2) is 0 Å². The molecule has 2 aliphatic rings. The molecule has 1 aromatic carbocycles. The van der Waals surface area contributed by atoms with Gasteiger partial charge in [-0.2, -0.15) is 0 Å². The number of aromatic amines is 1. The molecule has 0 saturated heterocycles. The zero-order chi connectivity index (χ0) is 19.1. The van der Waals surface area contributed by atoms with Gasteiger partial charge in [-0.05, 0) is 74.6 Å². The zero-order valence-electron chi connectivity index (χ0n) is 16.6. The van der Waals surface area contributed by atoms with E-state index in [9.17, 15) is 9.59 Å². The van der Waals surface area contributed by atoms with Crippen molar-refractivity contribution in [2.45, 2.75) is 65.2 Å². The maximum Gasteiger partial charge on any atom is 0.306 e. The third-order valence-corrected chi connectivity index (χ3v) is 6.51. The van der Waals surface area contributed by atoms with Crippen LogP contribution in [0.15, 0.2) is 12.1 Å². The van der Waals surface area contributed by atoms with Crippen molar-refractivity contribution in [2.24, 2.45) is 11.8 Å². The summed E-state index contributed by atoms with van der Waals surface area (Å²) in [5.74, 6) is 1.53. The molecule has 27 heavy (non-hydrogen) atoms. The van der Waals surface area contributed by atoms with Crippen LogP contribution in [0.5, 0.6) is 0 Å². The van der Waals surface area contributed by atoms with Gasteiger partial charge in [-0.3, -0.25) is 9.59 Å². The van der Waals surface area contributed by atoms with Gasteiger partial charge in [0.15, 0.2) is 5.78 Å². The first-order valence-electron chi connectivity index (χ1n) is 10.4. The molecule has 3 atom stereocenters. The number of esters is 1. The molecule has 1 N–H and O–H groups in total. The predicted octanol–water partition coefficient (Wildman–Crippen LogP) is 4.94. The fraction of sp³-hybridized carbons (Fsp3) is 0.565. The van der Waals surface area contributed by atoms with E-state index in [-0.39, 0.29) is 11.8 Å². The Labute approximate surface area is 160 Å². The molecule has 1 saturated carbocycles. The molecule has 1 heterocycles. The first kappa shape index (κ1) is 18.3. The lowest BCUT2D eigenvalue weighted by atomic mass is 9.57. The minimum Gasteiger partial charge on any atom is -0.466 e. The molecule has 2 aliphatic carbocycles. The maximum atomic E-state index is 12.0. The van der Waals surface area contributed by atoms with Gasteiger partial charge in [-0.15, -0.1) is 0 Å². The molecule has 0 amide bonds. The van der Waals surface area contributed by atoms with Crippen LogP contribution in [0.1, 0.15) is 79.6 Å². The van der Waals surface area contributed by atoms with Crippen LogP contribution in [-0.4, -0.2) is 23.3 Å². The number of aryl methyl sites for hydroxylation is 2. The van der Waals surface area contributed by atoms with Gasteiger partial charge in [0.1, 0.15) is 0 Å². The molecule has 4 nitrogen and oxygen atoms in total. The number of hydrogen-bond acceptors (Lipinski definition) is 3. The van der Waals surface area contributed by atoms with Crippen LogP contribution in [0.25, 0.3) is 10.9 Å². The average molecular weight is 367 g/mol. The van der Waals surface area contributed by atoms with Crippen molar-refractivity contribution in [2.75, 3.05) is 6.61 Å². The molecule has 0 radical (unpaired) electrons. The van der Waals surface area contributed by atoms with Gasteiger partial charge in [-0.1, -0.05) is 13.3 Å². The molecule has 4 rings (SSSR count). The first-order chi connectivity index (χ1) is 13.0. The normalized spacial score (nSPS) is 23.4. The first-order valence-corrected chi connectivity index (χ1v) is 10.4. The predicted molar refractivity (Wildman–Crippen MR) is 106 cm³/mol. The van der Waals surface area contributed by atoms with E-state index in [2.05, 4.69) is 24.0 Å². The Kier molecular flexibility index (Phi) is 4.83. The minimum atomic E-state index is -0.0743. The number of aromatic nitrogens is 1. The van der Waals surface area contributed by atoms with Crippen molar-refractivity contribution in [3.05, 3.63) is 34.5 Å². The van der Waals surface area contributed by atoms with E-state index in [1.54, 1.807) is 6.92 Å². The Balaban J connectivity index is 1.74. The fourth-order valence-corrected chi connectivity index (χ4v) is 5.28. The summed E-state index contributed by atoms with van der Waals surface area (Å²) in [6.45, 7) is 6.13. The monoisotopic (exact) mass is 367 g/mol. The Hall–Kier alpha value is -2.10. The quantitative estimate of drug-likeness (QED) is 0.581. The van der Waals surface area contributed by atoms with Crippen molar-refractivity contribution >= 4 is 22.7 Å². The van der Waals surface area contributed by atoms with Gasteiger partial charge >= 0.3 is 5.97 Å². The SMILES string of the molecule is CCCc1cc(C(C)=O)cc2c3c([nH]c12)C1C(CC3)CC1CC(=O)OCC. The molecule has 0 aliphatic heterocycles. The van der Waals surface area contributed by atoms with Crippen molar-refractivity contribution < 1.29 is 14.3 Å². The zero-order valence-corrected chi connectivity index (χ0v) is 16.6. The summed E-state index contributed by atoms with van der Waals surface area (Å²) in [6.07, 6.45) is 5.91. The molecule has 1 aromatic heterocycles. The summed E-state index contributed by atoms with van der Waals surface area (Å²) in [4.78, 5) is 27.8. The Bertz CT molecular complexity index is 895. The highest BCUT2D eigenvalue weighted by molar-refractivity contribution is 6.00. The van der Waals surface area contributed by atoms with Crippen LogP contribution in [0, 0.1) is 11.8 Å². The lowest BCUT2D eigenvalue weighted by Gasteiger charge is -2.47. The molecule has 1 fully saturated rings. The van der Waals surface area contributed by atoms with Gasteiger partial charge in [0.2, 0.25) is 0 Å². The van der Waals surface area contributed by atoms with E-state index in [1.165, 1.54) is 34.1 Å². The standard InChI is InChI=1S/C23H29NO3/c1-4-6-15-10-16(13(3)25)11-19-18-8-7-14-9-17(12-20(26)27-5-2)21(14)23(18)24-22(15)19/h10-11,14,17,21,24H,4-9,12H2,1-3H3. The van der Waals surface area contributed by atoms with Crippen LogP contribution < -0.4 is 0 Å². The number of rotatable bonds is 6. The number of fused-ring (bicyclic) bond motifs is 5. The van der Waals surface area contributed by atoms with Gasteiger partial charge in [0.05, 0.1) is 6.61 Å². The molecule has 3 unspecified atom stereocenters. The molecule has 0 spiro atoms. The van der Waals surface area contributed by atoms with Crippen LogP contribution >= 0.6 is 0 Å². The third-order valence-electron chi connectivity index (χ3n) is 6.51. The Morgan fingerprint density at radius 1 is 1.26 bits per heavy atom. The lowest BCUT2D eigenvalue weighted by Crippen LogP contribution is -2.39. The number of nitrogens with one attached hydrogen (secondary N) is 1. The van der Waals surface area contributed by atoms with Crippen LogP contribution in [-0.2, 0) is 22.4 Å². The van der Waals surface area contributed by atoms with E-state index in [4.69, 9.17) is 4.74 Å². The van der Waals surface area contributed by atoms with Crippen LogP contribution in [0.2, 0.25) is 0 Å². The van der Waals surface area contributed by atoms with E-state index in [0.717, 1.165) is 31.2 Å². The number of H-pyrrole nitrogens is 1. The minimum absolute atomic E-state index is 0.0743. The van der Waals surface area contributed by atoms with E-state index >= 15 is 0 Å². The van der Waals surface area contributed by atoms with Gasteiger partial charge in [0, 0.05) is 34.5 Å². The van der Waals surface area contributed by atoms with Crippen LogP contribution in [0.4, 0.5) is 0 Å². The highest BCUT2D eigenvalue weighted by Crippen LogP contribution is 2.55. The number of benzene rings is 1. The van der Waals surface area contributed by atoms with Crippen molar-refractivity contribution in [3.63, 3.8) is 0 Å². The summed E-state index contributed by atoms with van der Waals surface area (Å²) >= 11 is 0. The smallest absolute Gasteiger partial charge is 0.306 e. The van der Waals surface area contributed by atoms with Gasteiger partial charge < -0.3 is 9.72 Å². The summed E-state index contributed by atoms with van der Waals surface area (Å²) in [6, 6.07) is 4.13. The number of ketones is 1. The third kappa shape index (κ3) is 3.09. The number of carbonyl (C=O) groups excluding carboxylic acids is 2. The number of ether oxygens (including phenoxy) is 1. The van der Waals surface area contributed by atoms with E-state index < -0.39 is 0 Å². The number of carbonyl (C=O) groups is 2. The molecule has 144 valence electrons. The second-order valence-electron chi connectivity index (χ2n) is 8.21. The summed E-state index contributed by atoms with van der Waals surface area (Å²) in [7, 11) is 0. The lowest BCUT2D eigenvalue weighted by molar-refractivity contribution is -0.145. The van der Waals surface area contributed by atoms with Gasteiger partial charge in [0.25, 0.3) is 0 Å². The molecular weight excluding hydrogens is 338 g/mol. The molecular formula is C23H29NO3. The summed E-state index contributed by atoms with van der Waals surface area (Å²) in [5.41, 5.74) is 5.95. The van der Waals surface area contributed by atoms with Crippen molar-refractivity contribution in [1.29, 1.82) is 0 Å². The fourth-order valence-electron chi connectivity index (χ4n) is 5.28. The molecule has 0 bridgehead atoms. The summed E-state index contributed by atoms with van der Waals surface area (Å²) in [5, 5.41) is 1.22. The van der Waals surface area contributed by atoms with E-state index in [1.807, 2.05) is 6.92 Å². The average Bonchev–Trinajstić information content (AvgIpc) is 2.97. The van der Waals surface area contributed by atoms with Crippen molar-refractivity contribution in [3.8, 4) is 0 Å². The largest absolute Gasteiger partial charge is 0.466 e. The highest BCUT2D eigenvalue weighted by atomic mass is 16.5. The Morgan fingerprint density at radius 3 is 2.78 bits per heavy atom. The highest BCUT2D eigenvalue weighted by Gasteiger charge is 2.46. The number of hydrogen-bond donors (Lipinski definition) is 1. The molecule has 2 aromatic rings.